The van der Waals surface area contributed by atoms with Gasteiger partial charge in [0, 0.05) is 17.5 Å². The molecule has 0 saturated carbocycles. The van der Waals surface area contributed by atoms with Gasteiger partial charge in [-0.15, -0.1) is 11.3 Å². The molecule has 3 nitrogen and oxygen atoms in total. The summed E-state index contributed by atoms with van der Waals surface area (Å²) in [6.45, 7) is 5.09. The largest absolute Gasteiger partial charge is 0.371 e. The predicted molar refractivity (Wildman–Crippen MR) is 66.6 cm³/mol. The first-order chi connectivity index (χ1) is 7.72. The van der Waals surface area contributed by atoms with E-state index >= 15 is 0 Å². The van der Waals surface area contributed by atoms with Crippen LogP contribution in [0.4, 0.5) is 0 Å². The Morgan fingerprint density at radius 2 is 2.44 bits per heavy atom. The zero-order valence-corrected chi connectivity index (χ0v) is 10.8. The molecule has 0 bridgehead atoms. The van der Waals surface area contributed by atoms with Gasteiger partial charge in [0.15, 0.2) is 0 Å². The van der Waals surface area contributed by atoms with E-state index in [9.17, 15) is 0 Å². The van der Waals surface area contributed by atoms with Crippen molar-refractivity contribution in [1.29, 1.82) is 0 Å². The lowest BCUT2D eigenvalue weighted by Crippen LogP contribution is -2.05. The number of thiazole rings is 1. The van der Waals surface area contributed by atoms with Crippen LogP contribution in [0.25, 0.3) is 0 Å². The summed E-state index contributed by atoms with van der Waals surface area (Å²) >= 11 is 1.74. The Kier molecular flexibility index (Phi) is 3.95. The number of nitrogens with zero attached hydrogens (tertiary/aromatic N) is 1. The van der Waals surface area contributed by atoms with E-state index in [2.05, 4.69) is 6.92 Å². The molecule has 1 saturated heterocycles. The van der Waals surface area contributed by atoms with Gasteiger partial charge in [-0.05, 0) is 26.2 Å². The van der Waals surface area contributed by atoms with Crippen molar-refractivity contribution in [2.75, 3.05) is 6.61 Å². The molecule has 1 aliphatic heterocycles. The minimum Gasteiger partial charge on any atom is -0.371 e. The smallest absolute Gasteiger partial charge is 0.122 e. The number of aromatic nitrogens is 1. The second-order valence-electron chi connectivity index (χ2n) is 4.40. The third kappa shape index (κ3) is 2.44. The van der Waals surface area contributed by atoms with Gasteiger partial charge in [-0.25, -0.2) is 4.98 Å². The molecule has 0 aromatic carbocycles. The number of hydrogen-bond acceptors (Lipinski definition) is 4. The van der Waals surface area contributed by atoms with Crippen molar-refractivity contribution < 1.29 is 4.74 Å². The van der Waals surface area contributed by atoms with Gasteiger partial charge in [-0.1, -0.05) is 13.3 Å². The fourth-order valence-corrected chi connectivity index (χ4v) is 3.21. The van der Waals surface area contributed by atoms with Gasteiger partial charge in [0.2, 0.25) is 0 Å². The lowest BCUT2D eigenvalue weighted by Gasteiger charge is -2.03. The number of aryl methyl sites for hydroxylation is 1. The Morgan fingerprint density at radius 3 is 3.00 bits per heavy atom. The minimum atomic E-state index is 0.0919. The molecule has 1 fully saturated rings. The van der Waals surface area contributed by atoms with Crippen LogP contribution in [0.15, 0.2) is 0 Å². The van der Waals surface area contributed by atoms with E-state index in [0.717, 1.165) is 37.3 Å². The van der Waals surface area contributed by atoms with Crippen LogP contribution in [-0.2, 0) is 11.2 Å². The lowest BCUT2D eigenvalue weighted by atomic mass is 10.1. The molecule has 2 unspecified atom stereocenters. The van der Waals surface area contributed by atoms with E-state index in [1.165, 1.54) is 10.6 Å². The molecule has 1 aromatic rings. The molecule has 2 heterocycles. The van der Waals surface area contributed by atoms with Crippen LogP contribution in [0.1, 0.15) is 60.8 Å². The maximum absolute atomic E-state index is 5.99. The van der Waals surface area contributed by atoms with Gasteiger partial charge >= 0.3 is 0 Å². The zero-order chi connectivity index (χ0) is 11.5. The molecule has 90 valence electrons. The second kappa shape index (κ2) is 5.25. The zero-order valence-electron chi connectivity index (χ0n) is 10.0. The van der Waals surface area contributed by atoms with Crippen molar-refractivity contribution in [1.82, 2.24) is 4.98 Å². The summed E-state index contributed by atoms with van der Waals surface area (Å²) in [5, 5.41) is 1.13. The van der Waals surface area contributed by atoms with Crippen LogP contribution in [0.3, 0.4) is 0 Å². The fourth-order valence-electron chi connectivity index (χ4n) is 2.06. The van der Waals surface area contributed by atoms with Crippen molar-refractivity contribution in [3.05, 3.63) is 15.6 Å². The molecule has 0 spiro atoms. The molecule has 2 N–H and O–H groups in total. The lowest BCUT2D eigenvalue weighted by molar-refractivity contribution is 0.111. The number of hydrogen-bond donors (Lipinski definition) is 1. The first kappa shape index (κ1) is 12.0. The molecule has 0 radical (unpaired) electrons. The van der Waals surface area contributed by atoms with Crippen LogP contribution in [0, 0.1) is 0 Å². The summed E-state index contributed by atoms with van der Waals surface area (Å²) in [5.74, 6) is 0. The maximum atomic E-state index is 5.99. The normalized spacial score (nSPS) is 22.6. The van der Waals surface area contributed by atoms with Crippen molar-refractivity contribution >= 4 is 11.3 Å². The standard InChI is InChI=1S/C12H20N2OS/c1-3-5-9-11(8(2)13)16-12(14-9)10-6-4-7-15-10/h8,10H,3-7,13H2,1-2H3. The number of ether oxygens (including phenoxy) is 1. The Morgan fingerprint density at radius 1 is 1.62 bits per heavy atom. The van der Waals surface area contributed by atoms with Crippen molar-refractivity contribution in [3.8, 4) is 0 Å². The van der Waals surface area contributed by atoms with Crippen LogP contribution in [0.2, 0.25) is 0 Å². The van der Waals surface area contributed by atoms with Gasteiger partial charge in [0.1, 0.15) is 11.1 Å². The Labute approximate surface area is 101 Å². The van der Waals surface area contributed by atoms with Crippen molar-refractivity contribution in [3.63, 3.8) is 0 Å². The van der Waals surface area contributed by atoms with Gasteiger partial charge < -0.3 is 10.5 Å². The highest BCUT2D eigenvalue weighted by atomic mass is 32.1. The molecular weight excluding hydrogens is 220 g/mol. The molecule has 16 heavy (non-hydrogen) atoms. The van der Waals surface area contributed by atoms with Crippen LogP contribution < -0.4 is 5.73 Å². The first-order valence-corrected chi connectivity index (χ1v) is 6.90. The van der Waals surface area contributed by atoms with E-state index in [1.54, 1.807) is 11.3 Å². The minimum absolute atomic E-state index is 0.0919. The third-order valence-corrected chi connectivity index (χ3v) is 4.24. The number of rotatable bonds is 4. The monoisotopic (exact) mass is 240 g/mol. The SMILES string of the molecule is CCCc1nc(C2CCCO2)sc1C(C)N. The van der Waals surface area contributed by atoms with E-state index in [1.807, 2.05) is 6.92 Å². The molecular formula is C12H20N2OS. The second-order valence-corrected chi connectivity index (χ2v) is 5.47. The summed E-state index contributed by atoms with van der Waals surface area (Å²) in [6.07, 6.45) is 4.64. The van der Waals surface area contributed by atoms with E-state index in [-0.39, 0.29) is 12.1 Å². The van der Waals surface area contributed by atoms with Gasteiger partial charge in [0.05, 0.1) is 5.69 Å². The van der Waals surface area contributed by atoms with Gasteiger partial charge in [0.25, 0.3) is 0 Å². The topological polar surface area (TPSA) is 48.1 Å². The Bertz CT molecular complexity index is 343. The summed E-state index contributed by atoms with van der Waals surface area (Å²) in [4.78, 5) is 5.96. The summed E-state index contributed by atoms with van der Waals surface area (Å²) in [6, 6.07) is 0.0919. The maximum Gasteiger partial charge on any atom is 0.122 e. The van der Waals surface area contributed by atoms with Gasteiger partial charge in [-0.2, -0.15) is 0 Å². The van der Waals surface area contributed by atoms with Crippen molar-refractivity contribution in [2.24, 2.45) is 5.73 Å². The molecule has 1 aliphatic rings. The average molecular weight is 240 g/mol. The third-order valence-electron chi connectivity index (χ3n) is 2.85. The average Bonchev–Trinajstić information content (AvgIpc) is 2.83. The highest BCUT2D eigenvalue weighted by Crippen LogP contribution is 2.35. The molecule has 0 aliphatic carbocycles. The molecule has 2 atom stereocenters. The van der Waals surface area contributed by atoms with Crippen LogP contribution in [0.5, 0.6) is 0 Å². The van der Waals surface area contributed by atoms with Crippen LogP contribution in [-0.4, -0.2) is 11.6 Å². The summed E-state index contributed by atoms with van der Waals surface area (Å²) in [5.41, 5.74) is 7.17. The van der Waals surface area contributed by atoms with Crippen LogP contribution >= 0.6 is 11.3 Å². The quantitative estimate of drug-likeness (QED) is 0.880. The molecule has 2 rings (SSSR count). The number of nitrogens with two attached hydrogens (primary N) is 1. The highest BCUT2D eigenvalue weighted by Gasteiger charge is 2.23. The van der Waals surface area contributed by atoms with Gasteiger partial charge in [-0.3, -0.25) is 0 Å². The highest BCUT2D eigenvalue weighted by molar-refractivity contribution is 7.11. The molecule has 4 heteroatoms. The Balaban J connectivity index is 2.22. The Hall–Kier alpha value is -0.450. The van der Waals surface area contributed by atoms with E-state index in [0.29, 0.717) is 0 Å². The summed E-state index contributed by atoms with van der Waals surface area (Å²) < 4.78 is 5.67. The predicted octanol–water partition coefficient (Wildman–Crippen LogP) is 2.97. The van der Waals surface area contributed by atoms with E-state index in [4.69, 9.17) is 15.5 Å². The first-order valence-electron chi connectivity index (χ1n) is 6.09. The van der Waals surface area contributed by atoms with Crippen molar-refractivity contribution in [2.45, 2.75) is 51.7 Å². The fraction of sp³-hybridized carbons (Fsp3) is 0.750. The molecule has 1 aromatic heterocycles. The summed E-state index contributed by atoms with van der Waals surface area (Å²) in [7, 11) is 0. The molecule has 0 amide bonds. The van der Waals surface area contributed by atoms with E-state index < -0.39 is 0 Å².